The number of aryl methyl sites for hydroxylation is 2. The van der Waals surface area contributed by atoms with Crippen LogP contribution in [0.1, 0.15) is 11.1 Å². The molecule has 0 aliphatic carbocycles. The van der Waals surface area contributed by atoms with Crippen LogP contribution in [-0.2, 0) is 4.74 Å². The Hall–Kier alpha value is -3.10. The van der Waals surface area contributed by atoms with Crippen LogP contribution in [0.4, 0.5) is 29.2 Å². The van der Waals surface area contributed by atoms with Gasteiger partial charge < -0.3 is 25.0 Å². The van der Waals surface area contributed by atoms with Gasteiger partial charge in [0.15, 0.2) is 0 Å². The molecule has 3 aromatic rings. The summed E-state index contributed by atoms with van der Waals surface area (Å²) in [6.07, 6.45) is 0. The van der Waals surface area contributed by atoms with Gasteiger partial charge in [0.05, 0.1) is 31.0 Å². The summed E-state index contributed by atoms with van der Waals surface area (Å²) in [4.78, 5) is 15.9. The summed E-state index contributed by atoms with van der Waals surface area (Å²) in [5, 5.41) is 7.04. The molecule has 0 unspecified atom stereocenters. The molecule has 1 saturated heterocycles. The molecule has 2 aromatic carbocycles. The number of aromatic nitrogens is 3. The van der Waals surface area contributed by atoms with E-state index in [-0.39, 0.29) is 0 Å². The molecule has 0 saturated carbocycles. The van der Waals surface area contributed by atoms with E-state index in [4.69, 9.17) is 21.1 Å². The fourth-order valence-corrected chi connectivity index (χ4v) is 3.52. The van der Waals surface area contributed by atoms with E-state index in [0.717, 1.165) is 24.3 Å². The van der Waals surface area contributed by atoms with Crippen molar-refractivity contribution >= 4 is 40.8 Å². The zero-order valence-electron chi connectivity index (χ0n) is 17.8. The Labute approximate surface area is 186 Å². The average Bonchev–Trinajstić information content (AvgIpc) is 2.77. The predicted octanol–water partition coefficient (Wildman–Crippen LogP) is 4.47. The minimum atomic E-state index is 0.399. The van der Waals surface area contributed by atoms with Crippen LogP contribution < -0.4 is 20.3 Å². The molecule has 1 aromatic heterocycles. The monoisotopic (exact) mass is 440 g/mol. The Morgan fingerprint density at radius 2 is 1.61 bits per heavy atom. The van der Waals surface area contributed by atoms with Gasteiger partial charge in [-0.1, -0.05) is 29.3 Å². The number of hydrogen-bond donors (Lipinski definition) is 2. The maximum absolute atomic E-state index is 6.40. The van der Waals surface area contributed by atoms with E-state index in [1.54, 1.807) is 13.2 Å². The van der Waals surface area contributed by atoms with Gasteiger partial charge in [0.1, 0.15) is 5.75 Å². The van der Waals surface area contributed by atoms with Crippen molar-refractivity contribution in [2.45, 2.75) is 13.8 Å². The van der Waals surface area contributed by atoms with Gasteiger partial charge in [-0.2, -0.15) is 15.0 Å². The highest BCUT2D eigenvalue weighted by Crippen LogP contribution is 2.29. The third-order valence-electron chi connectivity index (χ3n) is 4.97. The van der Waals surface area contributed by atoms with Gasteiger partial charge in [-0.25, -0.2) is 0 Å². The normalized spacial score (nSPS) is 13.7. The molecule has 0 atom stereocenters. The van der Waals surface area contributed by atoms with E-state index in [9.17, 15) is 0 Å². The maximum atomic E-state index is 6.40. The van der Waals surface area contributed by atoms with E-state index in [2.05, 4.69) is 56.5 Å². The fraction of sp³-hybridized carbons (Fsp3) is 0.318. The first-order valence-corrected chi connectivity index (χ1v) is 10.4. The van der Waals surface area contributed by atoms with Gasteiger partial charge in [0.25, 0.3) is 0 Å². The van der Waals surface area contributed by atoms with Crippen LogP contribution in [0.15, 0.2) is 36.4 Å². The van der Waals surface area contributed by atoms with Crippen LogP contribution in [0.25, 0.3) is 0 Å². The molecule has 9 heteroatoms. The van der Waals surface area contributed by atoms with Crippen molar-refractivity contribution in [3.63, 3.8) is 0 Å². The molecule has 0 spiro atoms. The lowest BCUT2D eigenvalue weighted by atomic mass is 10.1. The number of halogens is 1. The summed E-state index contributed by atoms with van der Waals surface area (Å²) in [7, 11) is 1.60. The van der Waals surface area contributed by atoms with Crippen LogP contribution in [0.2, 0.25) is 5.02 Å². The molecule has 8 nitrogen and oxygen atoms in total. The lowest BCUT2D eigenvalue weighted by Crippen LogP contribution is -2.37. The fourth-order valence-electron chi connectivity index (χ4n) is 3.30. The van der Waals surface area contributed by atoms with Crippen LogP contribution in [-0.4, -0.2) is 48.4 Å². The van der Waals surface area contributed by atoms with Crippen LogP contribution in [0.5, 0.6) is 5.75 Å². The summed E-state index contributed by atoms with van der Waals surface area (Å²) in [6, 6.07) is 11.6. The molecule has 0 radical (unpaired) electrons. The Balaban J connectivity index is 1.67. The van der Waals surface area contributed by atoms with Crippen LogP contribution in [0.3, 0.4) is 0 Å². The third kappa shape index (κ3) is 5.15. The van der Waals surface area contributed by atoms with Crippen molar-refractivity contribution in [1.29, 1.82) is 0 Å². The molecule has 1 aliphatic rings. The van der Waals surface area contributed by atoms with Crippen molar-refractivity contribution in [3.05, 3.63) is 52.5 Å². The summed E-state index contributed by atoms with van der Waals surface area (Å²) < 4.78 is 10.7. The number of methoxy groups -OCH3 is 1. The van der Waals surface area contributed by atoms with Crippen molar-refractivity contribution < 1.29 is 9.47 Å². The molecule has 162 valence electrons. The van der Waals surface area contributed by atoms with Gasteiger partial charge in [-0.15, -0.1) is 0 Å². The number of nitrogens with one attached hydrogen (secondary N) is 2. The first-order chi connectivity index (χ1) is 15.0. The molecule has 2 heterocycles. The van der Waals surface area contributed by atoms with E-state index in [1.165, 1.54) is 5.56 Å². The van der Waals surface area contributed by atoms with E-state index in [0.29, 0.717) is 47.5 Å². The van der Waals surface area contributed by atoms with Crippen molar-refractivity contribution in [3.8, 4) is 5.75 Å². The first-order valence-electron chi connectivity index (χ1n) is 10.1. The number of nitrogens with zero attached hydrogens (tertiary/aromatic N) is 4. The number of morpholine rings is 1. The number of rotatable bonds is 6. The Morgan fingerprint density at radius 3 is 2.26 bits per heavy atom. The minimum Gasteiger partial charge on any atom is -0.497 e. The van der Waals surface area contributed by atoms with Gasteiger partial charge in [0.2, 0.25) is 17.8 Å². The smallest absolute Gasteiger partial charge is 0.233 e. The second kappa shape index (κ2) is 9.36. The number of benzene rings is 2. The zero-order valence-corrected chi connectivity index (χ0v) is 18.5. The molecule has 0 bridgehead atoms. The minimum absolute atomic E-state index is 0.399. The Kier molecular flexibility index (Phi) is 6.39. The first kappa shape index (κ1) is 21.1. The topological polar surface area (TPSA) is 84.4 Å². The third-order valence-corrected chi connectivity index (χ3v) is 5.28. The highest BCUT2D eigenvalue weighted by molar-refractivity contribution is 6.33. The molecular formula is C22H25ClN6O2. The van der Waals surface area contributed by atoms with Crippen LogP contribution >= 0.6 is 11.6 Å². The van der Waals surface area contributed by atoms with Crippen molar-refractivity contribution in [2.75, 3.05) is 48.9 Å². The molecule has 1 aliphatic heterocycles. The molecule has 0 amide bonds. The molecule has 1 fully saturated rings. The molecule has 2 N–H and O–H groups in total. The van der Waals surface area contributed by atoms with Gasteiger partial charge >= 0.3 is 0 Å². The number of anilines is 5. The second-order valence-electron chi connectivity index (χ2n) is 7.30. The lowest BCUT2D eigenvalue weighted by molar-refractivity contribution is 0.122. The Bertz CT molecular complexity index is 1070. The predicted molar refractivity (Wildman–Crippen MR) is 123 cm³/mol. The largest absolute Gasteiger partial charge is 0.497 e. The van der Waals surface area contributed by atoms with Gasteiger partial charge in [-0.05, 0) is 37.6 Å². The highest BCUT2D eigenvalue weighted by atomic mass is 35.5. The van der Waals surface area contributed by atoms with E-state index < -0.39 is 0 Å². The molecule has 4 rings (SSSR count). The summed E-state index contributed by atoms with van der Waals surface area (Å²) in [5.41, 5.74) is 3.93. The molecule has 31 heavy (non-hydrogen) atoms. The quantitative estimate of drug-likeness (QED) is 0.580. The maximum Gasteiger partial charge on any atom is 0.233 e. The summed E-state index contributed by atoms with van der Waals surface area (Å²) >= 11 is 6.40. The van der Waals surface area contributed by atoms with Gasteiger partial charge in [-0.3, -0.25) is 0 Å². The second-order valence-corrected chi connectivity index (χ2v) is 7.70. The highest BCUT2D eigenvalue weighted by Gasteiger charge is 2.17. The Morgan fingerprint density at radius 1 is 0.935 bits per heavy atom. The van der Waals surface area contributed by atoms with E-state index >= 15 is 0 Å². The lowest BCUT2D eigenvalue weighted by Gasteiger charge is -2.27. The molecular weight excluding hydrogens is 416 g/mol. The number of ether oxygens (including phenoxy) is 2. The van der Waals surface area contributed by atoms with Gasteiger partial charge in [0, 0.05) is 24.8 Å². The summed E-state index contributed by atoms with van der Waals surface area (Å²) in [5.74, 6) is 2.11. The summed E-state index contributed by atoms with van der Waals surface area (Å²) in [6.45, 7) is 6.83. The SMILES string of the molecule is COc1ccc(Nc2nc(Nc3ccc(C)cc3C)nc(N3CCOCC3)n2)c(Cl)c1. The zero-order chi connectivity index (χ0) is 21.8. The van der Waals surface area contributed by atoms with Crippen LogP contribution in [0, 0.1) is 13.8 Å². The number of hydrogen-bond acceptors (Lipinski definition) is 8. The standard InChI is InChI=1S/C22H25ClN6O2/c1-14-4-6-18(15(2)12-14)24-20-26-21(25-19-7-5-16(30-3)13-17(19)23)28-22(27-20)29-8-10-31-11-9-29/h4-7,12-13H,8-11H2,1-3H3,(H2,24,25,26,27,28). The van der Waals surface area contributed by atoms with E-state index in [1.807, 2.05) is 18.2 Å². The average molecular weight is 441 g/mol. The van der Waals surface area contributed by atoms with Crippen molar-refractivity contribution in [1.82, 2.24) is 15.0 Å². The van der Waals surface area contributed by atoms with Crippen molar-refractivity contribution in [2.24, 2.45) is 0 Å².